The Labute approximate surface area is 204 Å². The summed E-state index contributed by atoms with van der Waals surface area (Å²) in [4.78, 5) is 22.0. The first-order chi connectivity index (χ1) is 16.9. The molecule has 6 nitrogen and oxygen atoms in total. The average Bonchev–Trinajstić information content (AvgIpc) is 2.78. The molecule has 1 aliphatic rings. The molecule has 1 saturated heterocycles. The molecule has 1 aliphatic heterocycles. The van der Waals surface area contributed by atoms with Crippen molar-refractivity contribution in [1.29, 1.82) is 0 Å². The van der Waals surface area contributed by atoms with Gasteiger partial charge < -0.3 is 9.64 Å². The number of aromatic nitrogens is 2. The van der Waals surface area contributed by atoms with Gasteiger partial charge in [0, 0.05) is 30.3 Å². The maximum Gasteiger partial charge on any atom is 0.573 e. The molecule has 1 fully saturated rings. The van der Waals surface area contributed by atoms with Crippen molar-refractivity contribution < 1.29 is 35.9 Å². The van der Waals surface area contributed by atoms with Gasteiger partial charge in [-0.3, -0.25) is 4.79 Å². The monoisotopic (exact) mass is 514 g/mol. The second kappa shape index (κ2) is 11.8. The molecule has 12 heteroatoms. The zero-order chi connectivity index (χ0) is 27.2. The number of hydrogen-bond donors (Lipinski definition) is 0. The molecule has 0 N–H and O–H groups in total. The van der Waals surface area contributed by atoms with Crippen molar-refractivity contribution >= 4 is 11.7 Å². The van der Waals surface area contributed by atoms with Crippen LogP contribution in [-0.2, 0) is 4.79 Å². The molecule has 0 aliphatic carbocycles. The molecule has 0 atom stereocenters. The highest BCUT2D eigenvalue weighted by atomic mass is 19.4. The molecule has 194 valence electrons. The van der Waals surface area contributed by atoms with Gasteiger partial charge in [0.1, 0.15) is 11.6 Å². The minimum atomic E-state index is -4.87. The number of halogens is 6. The van der Waals surface area contributed by atoms with Crippen LogP contribution in [0, 0.1) is 18.9 Å². The number of amides is 1. The van der Waals surface area contributed by atoms with E-state index in [1.165, 1.54) is 26.0 Å². The van der Waals surface area contributed by atoms with Gasteiger partial charge in [0.25, 0.3) is 5.91 Å². The van der Waals surface area contributed by atoms with Crippen molar-refractivity contribution in [3.63, 3.8) is 0 Å². The van der Waals surface area contributed by atoms with Crippen LogP contribution in [0.3, 0.4) is 0 Å². The molecule has 0 spiro atoms. The van der Waals surface area contributed by atoms with Crippen molar-refractivity contribution in [3.8, 4) is 29.0 Å². The third kappa shape index (κ3) is 6.68. The largest absolute Gasteiger partial charge is 0.573 e. The Balaban J connectivity index is 0.00000222. The van der Waals surface area contributed by atoms with E-state index in [0.29, 0.717) is 10.5 Å². The average molecular weight is 514 g/mol. The number of anilines is 1. The Kier molecular flexibility index (Phi) is 9.33. The Hall–Kier alpha value is -3.75. The number of benzene rings is 1. The smallest absolute Gasteiger partial charge is 0.406 e. The first kappa shape index (κ1) is 28.5. The maximum atomic E-state index is 13.7. The van der Waals surface area contributed by atoms with E-state index in [9.17, 15) is 31.1 Å². The molecule has 2 aromatic rings. The van der Waals surface area contributed by atoms with E-state index >= 15 is 0 Å². The normalized spacial score (nSPS) is 13.1. The van der Waals surface area contributed by atoms with E-state index in [-0.39, 0.29) is 36.0 Å². The molecular weight excluding hydrogens is 490 g/mol. The van der Waals surface area contributed by atoms with Crippen LogP contribution in [0.1, 0.15) is 38.1 Å². The lowest BCUT2D eigenvalue weighted by molar-refractivity contribution is -0.274. The summed E-state index contributed by atoms with van der Waals surface area (Å²) < 4.78 is 81.8. The molecular formula is C24H24F6N4O2. The van der Waals surface area contributed by atoms with Crippen molar-refractivity contribution in [2.24, 2.45) is 0 Å². The maximum absolute atomic E-state index is 13.7. The zero-order valence-electron chi connectivity index (χ0n) is 20.0. The molecule has 1 aromatic heterocycles. The molecule has 36 heavy (non-hydrogen) atoms. The fourth-order valence-corrected chi connectivity index (χ4v) is 3.33. The van der Waals surface area contributed by atoms with Gasteiger partial charge in [0.05, 0.1) is 11.6 Å². The lowest BCUT2D eigenvalue weighted by Gasteiger charge is -2.38. The third-order valence-electron chi connectivity index (χ3n) is 4.92. The second-order valence-electron chi connectivity index (χ2n) is 7.27. The molecule has 2 heterocycles. The lowest BCUT2D eigenvalue weighted by atomic mass is 9.97. The van der Waals surface area contributed by atoms with Gasteiger partial charge in [-0.05, 0) is 38.1 Å². The minimum absolute atomic E-state index is 0.0379. The first-order valence-electron chi connectivity index (χ1n) is 10.8. The van der Waals surface area contributed by atoms with E-state index in [2.05, 4.69) is 33.2 Å². The number of rotatable bonds is 6. The molecule has 0 saturated carbocycles. The molecule has 1 amide bonds. The SMILES string of the molecule is C=C(F)C(=O)N1CC(c2nc(-c3ccc(OC(F)(F)F)cc3)c(C)c(N(C#CC)C(F)F)n2)C1.CC. The van der Waals surface area contributed by atoms with E-state index in [4.69, 9.17) is 0 Å². The zero-order valence-corrected chi connectivity index (χ0v) is 20.0. The molecule has 3 rings (SSSR count). The van der Waals surface area contributed by atoms with Crippen LogP contribution >= 0.6 is 0 Å². The van der Waals surface area contributed by atoms with E-state index < -0.39 is 36.3 Å². The van der Waals surface area contributed by atoms with Gasteiger partial charge in [0.15, 0.2) is 11.6 Å². The number of carbonyl (C=O) groups excluding carboxylic acids is 1. The van der Waals surface area contributed by atoms with Crippen LogP contribution < -0.4 is 9.64 Å². The number of ether oxygens (including phenoxy) is 1. The highest BCUT2D eigenvalue weighted by Crippen LogP contribution is 2.35. The number of likely N-dealkylation sites (tertiary alicyclic amines) is 1. The van der Waals surface area contributed by atoms with E-state index in [0.717, 1.165) is 17.0 Å². The van der Waals surface area contributed by atoms with Crippen LogP contribution in [-0.4, -0.2) is 46.8 Å². The lowest BCUT2D eigenvalue weighted by Crippen LogP contribution is -2.49. The van der Waals surface area contributed by atoms with E-state index in [1.807, 2.05) is 13.8 Å². The third-order valence-corrected chi connectivity index (χ3v) is 4.92. The van der Waals surface area contributed by atoms with Crippen molar-refractivity contribution in [1.82, 2.24) is 14.9 Å². The fraction of sp³-hybridized carbons (Fsp3) is 0.375. The van der Waals surface area contributed by atoms with E-state index in [1.54, 1.807) is 0 Å². The summed E-state index contributed by atoms with van der Waals surface area (Å²) in [7, 11) is 0. The van der Waals surface area contributed by atoms with Gasteiger partial charge in [-0.25, -0.2) is 19.3 Å². The number of hydrogen-bond acceptors (Lipinski definition) is 5. The summed E-state index contributed by atoms with van der Waals surface area (Å²) in [6, 6.07) is 7.00. The van der Waals surface area contributed by atoms with Gasteiger partial charge in [-0.15, -0.1) is 13.2 Å². The predicted molar refractivity (Wildman–Crippen MR) is 122 cm³/mol. The summed E-state index contributed by atoms with van der Waals surface area (Å²) >= 11 is 0. The summed E-state index contributed by atoms with van der Waals surface area (Å²) in [6.07, 6.45) is -4.87. The summed E-state index contributed by atoms with van der Waals surface area (Å²) in [5, 5.41) is 0. The molecule has 1 aromatic carbocycles. The van der Waals surface area contributed by atoms with Gasteiger partial charge in [-0.2, -0.15) is 8.78 Å². The first-order valence-corrected chi connectivity index (χ1v) is 10.8. The van der Waals surface area contributed by atoms with Crippen LogP contribution in [0.15, 0.2) is 36.7 Å². The Morgan fingerprint density at radius 3 is 2.25 bits per heavy atom. The van der Waals surface area contributed by atoms with Crippen LogP contribution in [0.4, 0.5) is 32.2 Å². The number of nitrogens with zero attached hydrogens (tertiary/aromatic N) is 4. The van der Waals surface area contributed by atoms with Gasteiger partial charge in [0.2, 0.25) is 0 Å². The number of carbonyl (C=O) groups is 1. The summed E-state index contributed by atoms with van der Waals surface area (Å²) in [6.45, 7) is 6.84. The Morgan fingerprint density at radius 2 is 1.78 bits per heavy atom. The standard InChI is InChI=1S/C22H18F6N4O2.C2H6/c1-4-9-32(21(24)25)19-12(2)17(14-5-7-16(8-6-14)34-22(26,27)28)29-18(30-19)15-10-31(11-15)20(33)13(3)23;1-2/h5-8,15,21H,3,10-11H2,1-2H3;1-2H3. The molecule has 0 bridgehead atoms. The topological polar surface area (TPSA) is 58.6 Å². The summed E-state index contributed by atoms with van der Waals surface area (Å²) in [5.74, 6) is -0.684. The molecule has 0 radical (unpaired) electrons. The van der Waals surface area contributed by atoms with Gasteiger partial charge >= 0.3 is 12.9 Å². The Bertz CT molecular complexity index is 1150. The minimum Gasteiger partial charge on any atom is -0.406 e. The highest BCUT2D eigenvalue weighted by molar-refractivity contribution is 5.91. The van der Waals surface area contributed by atoms with Crippen LogP contribution in [0.25, 0.3) is 11.3 Å². The van der Waals surface area contributed by atoms with Crippen LogP contribution in [0.5, 0.6) is 5.75 Å². The number of alkyl halides is 5. The fourth-order valence-electron chi connectivity index (χ4n) is 3.33. The molecule has 0 unspecified atom stereocenters. The highest BCUT2D eigenvalue weighted by Gasteiger charge is 2.36. The van der Waals surface area contributed by atoms with Crippen molar-refractivity contribution in [2.45, 2.75) is 46.5 Å². The second-order valence-corrected chi connectivity index (χ2v) is 7.27. The van der Waals surface area contributed by atoms with Crippen molar-refractivity contribution in [3.05, 3.63) is 48.1 Å². The quantitative estimate of drug-likeness (QED) is 0.161. The Morgan fingerprint density at radius 1 is 1.19 bits per heavy atom. The summed E-state index contributed by atoms with van der Waals surface area (Å²) in [5.41, 5.74) is 0.711. The van der Waals surface area contributed by atoms with Crippen LogP contribution in [0.2, 0.25) is 0 Å². The van der Waals surface area contributed by atoms with Crippen molar-refractivity contribution in [2.75, 3.05) is 18.0 Å². The van der Waals surface area contributed by atoms with Gasteiger partial charge in [-0.1, -0.05) is 26.3 Å². The predicted octanol–water partition coefficient (Wildman–Crippen LogP) is 5.80.